The summed E-state index contributed by atoms with van der Waals surface area (Å²) in [6.45, 7) is 6.25. The van der Waals surface area contributed by atoms with E-state index in [4.69, 9.17) is 4.52 Å². The Balaban J connectivity index is 1.55. The molecule has 1 saturated heterocycles. The van der Waals surface area contributed by atoms with Crippen LogP contribution in [0.25, 0.3) is 5.69 Å². The van der Waals surface area contributed by atoms with Crippen molar-refractivity contribution in [3.05, 3.63) is 47.7 Å². The van der Waals surface area contributed by atoms with Gasteiger partial charge in [-0.1, -0.05) is 23.3 Å². The molecule has 1 aliphatic heterocycles. The SMILES string of the molecule is Cc1cc(NC(=O)[C@@H](C)Sc2nnc(CN3CCCCC3)n2-c2ccc(F)cc2)no1. The molecule has 3 heterocycles. The lowest BCUT2D eigenvalue weighted by Gasteiger charge is -2.26. The predicted molar refractivity (Wildman–Crippen MR) is 116 cm³/mol. The highest BCUT2D eigenvalue weighted by Gasteiger charge is 2.23. The smallest absolute Gasteiger partial charge is 0.238 e. The molecule has 31 heavy (non-hydrogen) atoms. The van der Waals surface area contributed by atoms with Gasteiger partial charge in [0.2, 0.25) is 5.91 Å². The van der Waals surface area contributed by atoms with Crippen molar-refractivity contribution in [1.29, 1.82) is 0 Å². The summed E-state index contributed by atoms with van der Waals surface area (Å²) in [5, 5.41) is 15.4. The highest BCUT2D eigenvalue weighted by Crippen LogP contribution is 2.27. The maximum absolute atomic E-state index is 13.5. The number of aromatic nitrogens is 4. The third-order valence-corrected chi connectivity index (χ3v) is 6.17. The summed E-state index contributed by atoms with van der Waals surface area (Å²) >= 11 is 1.29. The Kier molecular flexibility index (Phi) is 6.67. The number of nitrogens with zero attached hydrogens (tertiary/aromatic N) is 5. The predicted octanol–water partition coefficient (Wildman–Crippen LogP) is 3.81. The highest BCUT2D eigenvalue weighted by molar-refractivity contribution is 8.00. The minimum Gasteiger partial charge on any atom is -0.360 e. The first-order valence-corrected chi connectivity index (χ1v) is 11.2. The molecule has 3 aromatic rings. The summed E-state index contributed by atoms with van der Waals surface area (Å²) in [4.78, 5) is 15.0. The summed E-state index contributed by atoms with van der Waals surface area (Å²) in [6.07, 6.45) is 3.59. The van der Waals surface area contributed by atoms with E-state index < -0.39 is 5.25 Å². The number of thioether (sulfide) groups is 1. The van der Waals surface area contributed by atoms with Crippen LogP contribution >= 0.6 is 11.8 Å². The number of carbonyl (C=O) groups excluding carboxylic acids is 1. The van der Waals surface area contributed by atoms with Crippen molar-refractivity contribution >= 4 is 23.5 Å². The second kappa shape index (κ2) is 9.61. The lowest BCUT2D eigenvalue weighted by Crippen LogP contribution is -2.30. The lowest BCUT2D eigenvalue weighted by molar-refractivity contribution is -0.115. The summed E-state index contributed by atoms with van der Waals surface area (Å²) < 4.78 is 20.4. The van der Waals surface area contributed by atoms with E-state index in [-0.39, 0.29) is 11.7 Å². The van der Waals surface area contributed by atoms with Gasteiger partial charge in [-0.05, 0) is 64.0 Å². The van der Waals surface area contributed by atoms with Gasteiger partial charge in [-0.2, -0.15) is 0 Å². The Bertz CT molecular complexity index is 1030. The van der Waals surface area contributed by atoms with Crippen molar-refractivity contribution in [3.8, 4) is 5.69 Å². The Labute approximate surface area is 184 Å². The number of carbonyl (C=O) groups is 1. The van der Waals surface area contributed by atoms with Crippen molar-refractivity contribution in [2.45, 2.75) is 50.1 Å². The highest BCUT2D eigenvalue weighted by atomic mass is 32.2. The maximum atomic E-state index is 13.5. The van der Waals surface area contributed by atoms with Gasteiger partial charge in [0.05, 0.1) is 11.8 Å². The monoisotopic (exact) mass is 444 g/mol. The largest absolute Gasteiger partial charge is 0.360 e. The molecule has 0 saturated carbocycles. The zero-order chi connectivity index (χ0) is 21.8. The van der Waals surface area contributed by atoms with Gasteiger partial charge in [-0.3, -0.25) is 14.3 Å². The van der Waals surface area contributed by atoms with Crippen molar-refractivity contribution < 1.29 is 13.7 Å². The molecule has 4 rings (SSSR count). The molecule has 0 aliphatic carbocycles. The van der Waals surface area contributed by atoms with Crippen molar-refractivity contribution in [2.24, 2.45) is 0 Å². The number of halogens is 1. The molecule has 1 fully saturated rings. The number of likely N-dealkylation sites (tertiary alicyclic amines) is 1. The summed E-state index contributed by atoms with van der Waals surface area (Å²) in [7, 11) is 0. The summed E-state index contributed by atoms with van der Waals surface area (Å²) in [5.41, 5.74) is 0.764. The molecule has 0 radical (unpaired) electrons. The normalized spacial score (nSPS) is 15.7. The number of aryl methyl sites for hydroxylation is 1. The number of rotatable bonds is 7. The van der Waals surface area contributed by atoms with Gasteiger partial charge in [0.25, 0.3) is 0 Å². The topological polar surface area (TPSA) is 89.1 Å². The van der Waals surface area contributed by atoms with Crippen LogP contribution in [0.15, 0.2) is 40.0 Å². The Morgan fingerprint density at radius 2 is 1.97 bits per heavy atom. The molecule has 164 valence electrons. The van der Waals surface area contributed by atoms with Gasteiger partial charge >= 0.3 is 0 Å². The van der Waals surface area contributed by atoms with Crippen molar-refractivity contribution in [3.63, 3.8) is 0 Å². The number of hydrogen-bond donors (Lipinski definition) is 1. The number of amides is 1. The van der Waals surface area contributed by atoms with Gasteiger partial charge in [0.15, 0.2) is 16.8 Å². The molecule has 8 nitrogen and oxygen atoms in total. The fourth-order valence-electron chi connectivity index (χ4n) is 3.51. The third-order valence-electron chi connectivity index (χ3n) is 5.13. The van der Waals surface area contributed by atoms with E-state index in [1.807, 2.05) is 4.57 Å². The first kappa shape index (κ1) is 21.5. The Hall–Kier alpha value is -2.72. The number of benzene rings is 1. The minimum atomic E-state index is -0.455. The average molecular weight is 445 g/mol. The third kappa shape index (κ3) is 5.31. The van der Waals surface area contributed by atoms with Crippen molar-refractivity contribution in [1.82, 2.24) is 24.8 Å². The van der Waals surface area contributed by atoms with Crippen LogP contribution in [0.5, 0.6) is 0 Å². The standard InChI is InChI=1S/C21H25FN6O2S/c1-14-12-18(26-30-14)23-20(29)15(2)31-21-25-24-19(13-27-10-4-3-5-11-27)28(21)17-8-6-16(22)7-9-17/h6-9,12,15H,3-5,10-11,13H2,1-2H3,(H,23,26,29)/t15-/m1/s1. The molecule has 0 unspecified atom stereocenters. The molecule has 1 amide bonds. The number of piperidine rings is 1. The molecule has 1 atom stereocenters. The maximum Gasteiger partial charge on any atom is 0.238 e. The molecule has 2 aromatic heterocycles. The number of nitrogens with one attached hydrogen (secondary N) is 1. The van der Waals surface area contributed by atoms with Gasteiger partial charge in [-0.25, -0.2) is 4.39 Å². The first-order valence-electron chi connectivity index (χ1n) is 10.3. The van der Waals surface area contributed by atoms with Crippen LogP contribution in [-0.2, 0) is 11.3 Å². The number of anilines is 1. The molecular formula is C21H25FN6O2S. The van der Waals surface area contributed by atoms with Crippen LogP contribution in [0.4, 0.5) is 10.2 Å². The fraction of sp³-hybridized carbons (Fsp3) is 0.429. The van der Waals surface area contributed by atoms with Crippen LogP contribution in [0.2, 0.25) is 0 Å². The van der Waals surface area contributed by atoms with E-state index in [9.17, 15) is 9.18 Å². The quantitative estimate of drug-likeness (QED) is 0.554. The fourth-order valence-corrected chi connectivity index (χ4v) is 4.40. The van der Waals surface area contributed by atoms with Crippen LogP contribution in [0, 0.1) is 12.7 Å². The lowest BCUT2D eigenvalue weighted by atomic mass is 10.1. The molecule has 0 spiro atoms. The second-order valence-electron chi connectivity index (χ2n) is 7.62. The minimum absolute atomic E-state index is 0.218. The zero-order valence-corrected chi connectivity index (χ0v) is 18.4. The Morgan fingerprint density at radius 3 is 2.65 bits per heavy atom. The van der Waals surface area contributed by atoms with Gasteiger partial charge < -0.3 is 9.84 Å². The van der Waals surface area contributed by atoms with Crippen LogP contribution in [0.1, 0.15) is 37.8 Å². The first-order chi connectivity index (χ1) is 15.0. The summed E-state index contributed by atoms with van der Waals surface area (Å²) in [6, 6.07) is 7.89. The van der Waals surface area contributed by atoms with Crippen LogP contribution in [-0.4, -0.2) is 49.1 Å². The van der Waals surface area contributed by atoms with Gasteiger partial charge in [0.1, 0.15) is 11.6 Å². The number of hydrogen-bond acceptors (Lipinski definition) is 7. The van der Waals surface area contributed by atoms with E-state index in [1.165, 1.54) is 43.2 Å². The van der Waals surface area contributed by atoms with Gasteiger partial charge in [-0.15, -0.1) is 10.2 Å². The summed E-state index contributed by atoms with van der Waals surface area (Å²) in [5.74, 6) is 1.24. The van der Waals surface area contributed by atoms with Crippen LogP contribution in [0.3, 0.4) is 0 Å². The van der Waals surface area contributed by atoms with E-state index in [1.54, 1.807) is 32.0 Å². The molecule has 0 bridgehead atoms. The average Bonchev–Trinajstić information content (AvgIpc) is 3.35. The molecule has 10 heteroatoms. The molecule has 1 aromatic carbocycles. The van der Waals surface area contributed by atoms with E-state index in [0.717, 1.165) is 24.6 Å². The zero-order valence-electron chi connectivity index (χ0n) is 17.5. The van der Waals surface area contributed by atoms with Crippen molar-refractivity contribution in [2.75, 3.05) is 18.4 Å². The molecular weight excluding hydrogens is 419 g/mol. The van der Waals surface area contributed by atoms with Crippen LogP contribution < -0.4 is 5.32 Å². The molecule has 1 aliphatic rings. The van der Waals surface area contributed by atoms with Gasteiger partial charge in [0, 0.05) is 11.8 Å². The Morgan fingerprint density at radius 1 is 1.23 bits per heavy atom. The van der Waals surface area contributed by atoms with E-state index >= 15 is 0 Å². The molecule has 1 N–H and O–H groups in total. The van der Waals surface area contributed by atoms with E-state index in [0.29, 0.717) is 23.3 Å². The second-order valence-corrected chi connectivity index (χ2v) is 8.93. The van der Waals surface area contributed by atoms with E-state index in [2.05, 4.69) is 25.6 Å².